The monoisotopic (exact) mass is 300 g/mol. The van der Waals surface area contributed by atoms with Gasteiger partial charge in [-0.3, -0.25) is 14.9 Å². The fraction of sp³-hybridized carbons (Fsp3) is 0.273. The second-order valence-electron chi connectivity index (χ2n) is 3.53. The summed E-state index contributed by atoms with van der Waals surface area (Å²) in [5, 5.41) is 13.6. The summed E-state index contributed by atoms with van der Waals surface area (Å²) in [5.41, 5.74) is 1.75. The van der Waals surface area contributed by atoms with Crippen LogP contribution < -0.4 is 10.6 Å². The highest BCUT2D eigenvalue weighted by molar-refractivity contribution is 9.10. The van der Waals surface area contributed by atoms with E-state index in [1.54, 1.807) is 6.07 Å². The quantitative estimate of drug-likeness (QED) is 0.767. The molecule has 0 saturated heterocycles. The molecule has 0 unspecified atom stereocenters. The molecule has 92 valence electrons. The molecule has 1 rings (SSSR count). The van der Waals surface area contributed by atoms with Gasteiger partial charge in [0.15, 0.2) is 0 Å². The lowest BCUT2D eigenvalue weighted by Gasteiger charge is -2.08. The number of carboxylic acids is 1. The second-order valence-corrected chi connectivity index (χ2v) is 4.38. The third-order valence-electron chi connectivity index (χ3n) is 1.96. The lowest BCUT2D eigenvalue weighted by Crippen LogP contribution is -2.31. The molecule has 0 aromatic heterocycles. The number of carboxylic acid groups (broad SMARTS) is 1. The van der Waals surface area contributed by atoms with Crippen molar-refractivity contribution < 1.29 is 14.7 Å². The van der Waals surface area contributed by atoms with Crippen LogP contribution in [0.1, 0.15) is 5.56 Å². The van der Waals surface area contributed by atoms with E-state index in [4.69, 9.17) is 5.11 Å². The molecule has 6 heteroatoms. The van der Waals surface area contributed by atoms with E-state index in [1.807, 2.05) is 19.1 Å². The Hall–Kier alpha value is -1.40. The van der Waals surface area contributed by atoms with E-state index in [0.29, 0.717) is 5.69 Å². The van der Waals surface area contributed by atoms with Crippen LogP contribution in [0, 0.1) is 6.92 Å². The lowest BCUT2D eigenvalue weighted by molar-refractivity contribution is -0.135. The number of nitrogens with one attached hydrogen (secondary N) is 2. The number of amides is 1. The average molecular weight is 301 g/mol. The molecule has 1 amide bonds. The summed E-state index contributed by atoms with van der Waals surface area (Å²) < 4.78 is 0.795. The van der Waals surface area contributed by atoms with Gasteiger partial charge >= 0.3 is 5.97 Å². The number of carbonyl (C=O) groups is 2. The van der Waals surface area contributed by atoms with Gasteiger partial charge in [-0.15, -0.1) is 0 Å². The molecular weight excluding hydrogens is 288 g/mol. The highest BCUT2D eigenvalue weighted by Crippen LogP contribution is 2.22. The first-order chi connectivity index (χ1) is 7.99. The molecule has 0 spiro atoms. The van der Waals surface area contributed by atoms with E-state index in [1.165, 1.54) is 0 Å². The van der Waals surface area contributed by atoms with Crippen LogP contribution in [-0.4, -0.2) is 30.1 Å². The second kappa shape index (κ2) is 6.36. The largest absolute Gasteiger partial charge is 0.480 e. The molecule has 0 aliphatic heterocycles. The van der Waals surface area contributed by atoms with Crippen molar-refractivity contribution in [2.45, 2.75) is 6.92 Å². The van der Waals surface area contributed by atoms with E-state index < -0.39 is 5.97 Å². The van der Waals surface area contributed by atoms with Gasteiger partial charge in [0.25, 0.3) is 0 Å². The van der Waals surface area contributed by atoms with Crippen LogP contribution in [0.25, 0.3) is 0 Å². The van der Waals surface area contributed by atoms with Crippen LogP contribution in [0.5, 0.6) is 0 Å². The molecule has 0 heterocycles. The van der Waals surface area contributed by atoms with E-state index in [0.717, 1.165) is 10.0 Å². The van der Waals surface area contributed by atoms with Crippen LogP contribution in [0.15, 0.2) is 22.7 Å². The molecule has 0 bridgehead atoms. The molecular formula is C11H13BrN2O3. The van der Waals surface area contributed by atoms with E-state index in [9.17, 15) is 9.59 Å². The molecule has 5 nitrogen and oxygen atoms in total. The standard InChI is InChI=1S/C11H13BrN2O3/c1-7-2-3-9(8(12)4-7)14-10(15)5-13-6-11(16)17/h2-4,13H,5-6H2,1H3,(H,14,15)(H,16,17). The van der Waals surface area contributed by atoms with Gasteiger partial charge in [0.1, 0.15) is 0 Å². The third kappa shape index (κ3) is 4.97. The van der Waals surface area contributed by atoms with Gasteiger partial charge in [-0.2, -0.15) is 0 Å². The number of hydrogen-bond donors (Lipinski definition) is 3. The van der Waals surface area contributed by atoms with Crippen LogP contribution in [0.2, 0.25) is 0 Å². The molecule has 1 aromatic carbocycles. The zero-order chi connectivity index (χ0) is 12.8. The number of halogens is 1. The number of rotatable bonds is 5. The summed E-state index contributed by atoms with van der Waals surface area (Å²) in [5.74, 6) is -1.27. The maximum atomic E-state index is 11.4. The SMILES string of the molecule is Cc1ccc(NC(=O)CNCC(=O)O)c(Br)c1. The molecule has 0 fully saturated rings. The summed E-state index contributed by atoms with van der Waals surface area (Å²) in [6.45, 7) is 1.68. The van der Waals surface area contributed by atoms with Crippen LogP contribution >= 0.6 is 15.9 Å². The molecule has 1 aromatic rings. The van der Waals surface area contributed by atoms with Crippen LogP contribution in [-0.2, 0) is 9.59 Å². The maximum absolute atomic E-state index is 11.4. The Morgan fingerprint density at radius 1 is 1.35 bits per heavy atom. The highest BCUT2D eigenvalue weighted by Gasteiger charge is 2.06. The van der Waals surface area contributed by atoms with Crippen molar-refractivity contribution in [3.8, 4) is 0 Å². The number of aryl methyl sites for hydroxylation is 1. The Labute approximate surface area is 107 Å². The molecule has 0 atom stereocenters. The molecule has 0 radical (unpaired) electrons. The van der Waals surface area contributed by atoms with Gasteiger partial charge in [-0.1, -0.05) is 6.07 Å². The minimum atomic E-state index is -0.991. The smallest absolute Gasteiger partial charge is 0.317 e. The number of anilines is 1. The van der Waals surface area contributed by atoms with Gasteiger partial charge < -0.3 is 10.4 Å². The summed E-state index contributed by atoms with van der Waals surface area (Å²) in [6, 6.07) is 5.56. The van der Waals surface area contributed by atoms with Gasteiger partial charge in [0, 0.05) is 4.47 Å². The van der Waals surface area contributed by atoms with E-state index in [2.05, 4.69) is 26.6 Å². The Kier molecular flexibility index (Phi) is 5.11. The molecule has 17 heavy (non-hydrogen) atoms. The molecule has 0 saturated carbocycles. The summed E-state index contributed by atoms with van der Waals surface area (Å²) >= 11 is 3.34. The average Bonchev–Trinajstić information content (AvgIpc) is 2.21. The number of carbonyl (C=O) groups excluding carboxylic acids is 1. The van der Waals surface area contributed by atoms with Crippen molar-refractivity contribution in [2.75, 3.05) is 18.4 Å². The van der Waals surface area contributed by atoms with Crippen molar-refractivity contribution in [2.24, 2.45) is 0 Å². The first-order valence-electron chi connectivity index (χ1n) is 4.97. The van der Waals surface area contributed by atoms with Crippen LogP contribution in [0.4, 0.5) is 5.69 Å². The zero-order valence-electron chi connectivity index (χ0n) is 9.29. The number of hydrogen-bond acceptors (Lipinski definition) is 3. The van der Waals surface area contributed by atoms with Crippen molar-refractivity contribution in [3.63, 3.8) is 0 Å². The third-order valence-corrected chi connectivity index (χ3v) is 2.62. The maximum Gasteiger partial charge on any atom is 0.317 e. The molecule has 3 N–H and O–H groups in total. The van der Waals surface area contributed by atoms with Gasteiger partial charge in [-0.25, -0.2) is 0 Å². The van der Waals surface area contributed by atoms with Gasteiger partial charge in [0.2, 0.25) is 5.91 Å². The number of benzene rings is 1. The normalized spacial score (nSPS) is 10.0. The first kappa shape index (κ1) is 13.7. The minimum Gasteiger partial charge on any atom is -0.480 e. The summed E-state index contributed by atoms with van der Waals surface area (Å²) in [6.07, 6.45) is 0. The Balaban J connectivity index is 2.48. The Bertz CT molecular complexity index is 435. The summed E-state index contributed by atoms with van der Waals surface area (Å²) in [4.78, 5) is 21.7. The van der Waals surface area contributed by atoms with Gasteiger partial charge in [-0.05, 0) is 40.5 Å². The Morgan fingerprint density at radius 2 is 2.06 bits per heavy atom. The highest BCUT2D eigenvalue weighted by atomic mass is 79.9. The fourth-order valence-corrected chi connectivity index (χ4v) is 1.79. The van der Waals surface area contributed by atoms with E-state index in [-0.39, 0.29) is 19.0 Å². The minimum absolute atomic E-state index is 0.0351. The zero-order valence-corrected chi connectivity index (χ0v) is 10.9. The fourth-order valence-electron chi connectivity index (χ4n) is 1.20. The van der Waals surface area contributed by atoms with Crippen molar-refractivity contribution in [1.29, 1.82) is 0 Å². The molecule has 0 aliphatic rings. The lowest BCUT2D eigenvalue weighted by atomic mass is 10.2. The van der Waals surface area contributed by atoms with Crippen molar-refractivity contribution in [1.82, 2.24) is 5.32 Å². The van der Waals surface area contributed by atoms with Crippen LogP contribution in [0.3, 0.4) is 0 Å². The predicted molar refractivity (Wildman–Crippen MR) is 68.0 cm³/mol. The predicted octanol–water partition coefficient (Wildman–Crippen LogP) is 1.37. The van der Waals surface area contributed by atoms with Crippen molar-refractivity contribution >= 4 is 33.5 Å². The van der Waals surface area contributed by atoms with Crippen molar-refractivity contribution in [3.05, 3.63) is 28.2 Å². The topological polar surface area (TPSA) is 78.4 Å². The van der Waals surface area contributed by atoms with E-state index >= 15 is 0 Å². The molecule has 0 aliphatic carbocycles. The summed E-state index contributed by atoms with van der Waals surface area (Å²) in [7, 11) is 0. The number of aliphatic carboxylic acids is 1. The first-order valence-corrected chi connectivity index (χ1v) is 5.77. The van der Waals surface area contributed by atoms with Gasteiger partial charge in [0.05, 0.1) is 18.8 Å². The Morgan fingerprint density at radius 3 is 2.65 bits per heavy atom.